The van der Waals surface area contributed by atoms with Gasteiger partial charge in [0.1, 0.15) is 29.2 Å². The van der Waals surface area contributed by atoms with Crippen LogP contribution in [0, 0.1) is 0 Å². The van der Waals surface area contributed by atoms with Crippen LogP contribution in [0.2, 0.25) is 0 Å². The number of hydrogen-bond acceptors (Lipinski definition) is 13. The highest BCUT2D eigenvalue weighted by molar-refractivity contribution is 7.10. The third kappa shape index (κ3) is 15.9. The summed E-state index contributed by atoms with van der Waals surface area (Å²) >= 11 is 0.704. The normalized spacial score (nSPS) is 12.5. The molecule has 0 saturated heterocycles. The Morgan fingerprint density at radius 3 is 2.11 bits per heavy atom. The minimum atomic E-state index is -1.54. The lowest BCUT2D eigenvalue weighted by molar-refractivity contribution is -0.753. The molecule has 0 fully saturated rings. The quantitative estimate of drug-likeness (QED) is 0.0403. The Morgan fingerprint density at radius 1 is 0.925 bits per heavy atom. The highest BCUT2D eigenvalue weighted by Gasteiger charge is 2.30. The predicted molar refractivity (Wildman–Crippen MR) is 190 cm³/mol. The number of oxime groups is 1. The van der Waals surface area contributed by atoms with Gasteiger partial charge in [-0.1, -0.05) is 17.3 Å². The van der Waals surface area contributed by atoms with Crippen molar-refractivity contribution >= 4 is 46.5 Å². The van der Waals surface area contributed by atoms with E-state index < -0.39 is 52.7 Å². The van der Waals surface area contributed by atoms with E-state index in [4.69, 9.17) is 23.8 Å². The molecule has 19 heteroatoms. The van der Waals surface area contributed by atoms with Crippen molar-refractivity contribution in [3.8, 4) is 16.9 Å². The van der Waals surface area contributed by atoms with Crippen molar-refractivity contribution in [1.29, 1.82) is 0 Å². The van der Waals surface area contributed by atoms with Crippen molar-refractivity contribution < 1.29 is 76.7 Å². The summed E-state index contributed by atoms with van der Waals surface area (Å²) in [6, 6.07) is 7.13. The summed E-state index contributed by atoms with van der Waals surface area (Å²) in [6.45, 7) is 16.2. The Labute approximate surface area is 329 Å². The summed E-state index contributed by atoms with van der Waals surface area (Å²) < 4.78 is 29.6. The first-order valence-electron chi connectivity index (χ1n) is 16.4. The van der Waals surface area contributed by atoms with Gasteiger partial charge in [0.25, 0.3) is 6.10 Å². The van der Waals surface area contributed by atoms with E-state index in [2.05, 4.69) is 25.1 Å². The Bertz CT molecular complexity index is 1740. The van der Waals surface area contributed by atoms with E-state index in [1.165, 1.54) is 0 Å². The summed E-state index contributed by atoms with van der Waals surface area (Å²) in [5.74, 6) is -2.34. The second-order valence-electron chi connectivity index (χ2n) is 14.5. The Kier molecular flexibility index (Phi) is 16.0. The number of carbonyl (C=O) groups is 4. The summed E-state index contributed by atoms with van der Waals surface area (Å²) in [5.41, 5.74) is -1.08. The molecule has 0 aliphatic carbocycles. The Balaban J connectivity index is 0.00000972. The topological polar surface area (TPSA) is 206 Å². The number of carbonyl (C=O) groups excluding carboxylic acids is 3. The number of esters is 1. The standard InChI is InChI=1S/C34H47N7O10S.HI/c1-32(2,3)48-28(44)24(51-38-25(27(42)43)26-36-29(52-39-26)37-31(46)50-34(7,8)9)20-47-23-14-12-21(13-15-23)22-18-40(10)41(19-22)17-11-16-35-30(45)49-33(4,5)6;/h12-15,18-19,24H,11,16-17,20H2,1-10H3,(H2-,35,36,37,39,42,43,45,46);1H. The highest BCUT2D eigenvalue weighted by Crippen LogP contribution is 2.23. The first-order valence-corrected chi connectivity index (χ1v) is 17.2. The van der Waals surface area contributed by atoms with Crippen LogP contribution in [-0.2, 0) is 42.2 Å². The van der Waals surface area contributed by atoms with Gasteiger partial charge in [0.2, 0.25) is 22.9 Å². The lowest BCUT2D eigenvalue weighted by atomic mass is 10.1. The highest BCUT2D eigenvalue weighted by atomic mass is 127. The van der Waals surface area contributed by atoms with Gasteiger partial charge in [-0.15, -0.1) is 4.68 Å². The number of carboxylic acid groups (broad SMARTS) is 1. The smallest absolute Gasteiger partial charge is 0.414 e. The van der Waals surface area contributed by atoms with Gasteiger partial charge in [0, 0.05) is 18.1 Å². The number of anilines is 1. The number of aromatic nitrogens is 4. The van der Waals surface area contributed by atoms with Crippen molar-refractivity contribution in [2.75, 3.05) is 18.5 Å². The molecular formula is C34H48IN7O10S. The lowest BCUT2D eigenvalue weighted by Gasteiger charge is -2.23. The van der Waals surface area contributed by atoms with E-state index in [-0.39, 0.29) is 41.5 Å². The zero-order valence-electron chi connectivity index (χ0n) is 31.5. The Morgan fingerprint density at radius 2 is 1.53 bits per heavy atom. The largest absolute Gasteiger partial charge is 1.00 e. The van der Waals surface area contributed by atoms with E-state index in [1.54, 1.807) is 53.7 Å². The molecule has 2 aromatic heterocycles. The van der Waals surface area contributed by atoms with Crippen LogP contribution in [0.1, 0.15) is 74.6 Å². The van der Waals surface area contributed by atoms with Crippen LogP contribution in [0.5, 0.6) is 5.75 Å². The van der Waals surface area contributed by atoms with Crippen molar-refractivity contribution in [1.82, 2.24) is 19.4 Å². The molecule has 2 heterocycles. The summed E-state index contributed by atoms with van der Waals surface area (Å²) in [7, 11) is 1.92. The fourth-order valence-electron chi connectivity index (χ4n) is 4.16. The Hall–Kier alpha value is -4.53. The molecule has 0 radical (unpaired) electrons. The maximum atomic E-state index is 13.0. The van der Waals surface area contributed by atoms with Crippen molar-refractivity contribution in [2.24, 2.45) is 12.2 Å². The first kappa shape index (κ1) is 44.6. The van der Waals surface area contributed by atoms with Crippen LogP contribution in [-0.4, -0.2) is 85.0 Å². The third-order valence-electron chi connectivity index (χ3n) is 6.23. The molecule has 53 heavy (non-hydrogen) atoms. The van der Waals surface area contributed by atoms with Gasteiger partial charge in [0.15, 0.2) is 7.05 Å². The molecule has 2 amide bonds. The number of halogens is 1. The van der Waals surface area contributed by atoms with Crippen LogP contribution in [0.25, 0.3) is 11.1 Å². The first-order chi connectivity index (χ1) is 24.1. The number of amides is 2. The average molecular weight is 874 g/mol. The minimum absolute atomic E-state index is 0. The second-order valence-corrected chi connectivity index (χ2v) is 15.2. The van der Waals surface area contributed by atoms with E-state index in [0.29, 0.717) is 36.8 Å². The fraction of sp³-hybridized carbons (Fsp3) is 0.529. The van der Waals surface area contributed by atoms with Gasteiger partial charge in [-0.3, -0.25) is 5.32 Å². The fourth-order valence-corrected chi connectivity index (χ4v) is 4.71. The second kappa shape index (κ2) is 19.0. The van der Waals surface area contributed by atoms with Crippen LogP contribution in [0.3, 0.4) is 0 Å². The molecule has 292 valence electrons. The zero-order chi connectivity index (χ0) is 38.9. The van der Waals surface area contributed by atoms with Gasteiger partial charge < -0.3 is 58.2 Å². The molecule has 0 aliphatic heterocycles. The number of rotatable bonds is 14. The molecule has 3 aromatic rings. The number of aliphatic carboxylic acids is 1. The van der Waals surface area contributed by atoms with E-state index in [9.17, 15) is 24.3 Å². The van der Waals surface area contributed by atoms with Crippen molar-refractivity contribution in [3.63, 3.8) is 0 Å². The molecule has 0 spiro atoms. The molecule has 0 saturated carbocycles. The molecule has 0 bridgehead atoms. The van der Waals surface area contributed by atoms with Crippen LogP contribution < -0.4 is 44.0 Å². The van der Waals surface area contributed by atoms with Crippen LogP contribution in [0.15, 0.2) is 41.8 Å². The number of nitrogens with one attached hydrogen (secondary N) is 2. The van der Waals surface area contributed by atoms with Gasteiger partial charge in [-0.25, -0.2) is 19.2 Å². The molecule has 1 unspecified atom stereocenters. The van der Waals surface area contributed by atoms with Crippen LogP contribution >= 0.6 is 11.5 Å². The third-order valence-corrected chi connectivity index (χ3v) is 6.86. The molecule has 17 nitrogen and oxygen atoms in total. The number of hydrogen-bond donors (Lipinski definition) is 3. The van der Waals surface area contributed by atoms with Crippen LogP contribution in [0.4, 0.5) is 14.7 Å². The molecule has 0 aliphatic rings. The van der Waals surface area contributed by atoms with Crippen molar-refractivity contribution in [2.45, 2.75) is 98.2 Å². The van der Waals surface area contributed by atoms with E-state index in [0.717, 1.165) is 11.1 Å². The molecule has 3 rings (SSSR count). The maximum absolute atomic E-state index is 13.0. The van der Waals surface area contributed by atoms with E-state index in [1.807, 2.05) is 61.7 Å². The molecule has 1 atom stereocenters. The number of ether oxygens (including phenoxy) is 4. The van der Waals surface area contributed by atoms with Gasteiger partial charge >= 0.3 is 24.1 Å². The summed E-state index contributed by atoms with van der Waals surface area (Å²) in [6.07, 6.45) is 1.93. The number of nitrogens with zero attached hydrogens (tertiary/aromatic N) is 5. The predicted octanol–water partition coefficient (Wildman–Crippen LogP) is 1.69. The zero-order valence-corrected chi connectivity index (χ0v) is 34.5. The average Bonchev–Trinajstić information content (AvgIpc) is 3.60. The molecular weight excluding hydrogens is 825 g/mol. The lowest BCUT2D eigenvalue weighted by Crippen LogP contribution is -3.00. The van der Waals surface area contributed by atoms with Gasteiger partial charge in [-0.05, 0) is 86.4 Å². The van der Waals surface area contributed by atoms with Crippen molar-refractivity contribution in [3.05, 3.63) is 42.5 Å². The van der Waals surface area contributed by atoms with E-state index >= 15 is 0 Å². The number of benzene rings is 1. The minimum Gasteiger partial charge on any atom is -1.00 e. The summed E-state index contributed by atoms with van der Waals surface area (Å²) in [5, 5.41) is 18.6. The maximum Gasteiger partial charge on any atom is 0.414 e. The van der Waals surface area contributed by atoms with Gasteiger partial charge in [0.05, 0.1) is 18.3 Å². The molecule has 3 N–H and O–H groups in total. The monoisotopic (exact) mass is 873 g/mol. The molecule has 1 aromatic carbocycles. The SMILES string of the molecule is C[n+]1cc(-c2ccc(OCC(ON=C(C(=O)O)c3nsc(NC(=O)OC(C)(C)C)n3)C(=O)OC(C)(C)C)cc2)cn1CCCNC(=O)OC(C)(C)C.[I-]. The van der Waals surface area contributed by atoms with Gasteiger partial charge in [-0.2, -0.15) is 14.0 Å². The number of alkyl carbamates (subject to hydrolysis) is 1. The summed E-state index contributed by atoms with van der Waals surface area (Å²) in [4.78, 5) is 58.4. The number of aryl methyl sites for hydroxylation is 2. The number of carboxylic acids is 1.